The molecule has 0 aliphatic carbocycles. The van der Waals surface area contributed by atoms with Crippen LogP contribution in [0.2, 0.25) is 0 Å². The Morgan fingerprint density at radius 1 is 1.17 bits per heavy atom. The van der Waals surface area contributed by atoms with Gasteiger partial charge in [-0.25, -0.2) is 4.79 Å². The van der Waals surface area contributed by atoms with Crippen molar-refractivity contribution in [2.75, 3.05) is 33.5 Å². The Bertz CT molecular complexity index is 491. The van der Waals surface area contributed by atoms with Crippen LogP contribution in [0.1, 0.15) is 46.0 Å². The lowest BCUT2D eigenvalue weighted by molar-refractivity contribution is -0.192. The normalized spacial score (nSPS) is 24.1. The average molecular weight is 445 g/mol. The molecule has 4 atom stereocenters. The second kappa shape index (κ2) is 15.4. The molecule has 8 nitrogen and oxygen atoms in total. The van der Waals surface area contributed by atoms with Crippen LogP contribution in [0.5, 0.6) is 0 Å². The Hall–Kier alpha value is -1.43. The van der Waals surface area contributed by atoms with E-state index in [2.05, 4.69) is 19.2 Å². The predicted octanol–water partition coefficient (Wildman–Crippen LogP) is 2.70. The first-order chi connectivity index (χ1) is 14.0. The molecule has 1 rings (SSSR count). The fourth-order valence-corrected chi connectivity index (χ4v) is 3.03. The van der Waals surface area contributed by atoms with Crippen molar-refractivity contribution in [2.45, 2.75) is 70.4 Å². The summed E-state index contributed by atoms with van der Waals surface area (Å²) in [5.74, 6) is -3.42. The third kappa shape index (κ3) is 12.3. The van der Waals surface area contributed by atoms with E-state index in [1.54, 1.807) is 7.11 Å². The number of carboxylic acids is 2. The monoisotopic (exact) mass is 445 g/mol. The Morgan fingerprint density at radius 2 is 1.77 bits per heavy atom. The summed E-state index contributed by atoms with van der Waals surface area (Å²) in [6.07, 6.45) is 0.700. The van der Waals surface area contributed by atoms with E-state index in [4.69, 9.17) is 29.2 Å². The van der Waals surface area contributed by atoms with Crippen molar-refractivity contribution < 1.29 is 47.2 Å². The number of hydrogen-bond acceptors (Lipinski definition) is 6. The molecule has 30 heavy (non-hydrogen) atoms. The molecule has 1 saturated heterocycles. The van der Waals surface area contributed by atoms with Gasteiger partial charge in [-0.1, -0.05) is 39.5 Å². The second-order valence-corrected chi connectivity index (χ2v) is 7.14. The van der Waals surface area contributed by atoms with Crippen molar-refractivity contribution in [3.63, 3.8) is 0 Å². The summed E-state index contributed by atoms with van der Waals surface area (Å²) < 4.78 is 48.9. The standard InChI is InChI=1S/C17H33NO5.C2HF3O2/c1-4-5-6-7-8-9-22-12-14-16(18-10-15(19)20)17(21-3)13(2)11-23-14;3-2(4,5)1(6)7/h13-14,16-18H,4-12H2,1-3H3,(H,19,20);(H,6,7)/t13-,14+,16-,17-;/m0./s1. The van der Waals surface area contributed by atoms with Crippen molar-refractivity contribution in [3.8, 4) is 0 Å². The quantitative estimate of drug-likeness (QED) is 0.393. The molecule has 11 heteroatoms. The zero-order valence-electron chi connectivity index (χ0n) is 17.7. The molecule has 0 spiro atoms. The number of nitrogens with one attached hydrogen (secondary N) is 1. The average Bonchev–Trinajstić information content (AvgIpc) is 2.66. The van der Waals surface area contributed by atoms with Gasteiger partial charge in [0.2, 0.25) is 0 Å². The number of hydrogen-bond donors (Lipinski definition) is 3. The third-order valence-corrected chi connectivity index (χ3v) is 4.57. The molecule has 0 aromatic carbocycles. The predicted molar refractivity (Wildman–Crippen MR) is 102 cm³/mol. The highest BCUT2D eigenvalue weighted by molar-refractivity contribution is 5.73. The lowest BCUT2D eigenvalue weighted by atomic mass is 9.91. The van der Waals surface area contributed by atoms with E-state index in [-0.39, 0.29) is 30.7 Å². The fourth-order valence-electron chi connectivity index (χ4n) is 3.03. The van der Waals surface area contributed by atoms with Gasteiger partial charge in [0.25, 0.3) is 0 Å². The Labute approximate surface area is 175 Å². The first-order valence-corrected chi connectivity index (χ1v) is 10.0. The summed E-state index contributed by atoms with van der Waals surface area (Å²) in [5, 5.41) is 19.1. The number of rotatable bonds is 12. The van der Waals surface area contributed by atoms with E-state index in [0.29, 0.717) is 13.2 Å². The maximum atomic E-state index is 10.8. The Balaban J connectivity index is 0.00000103. The first kappa shape index (κ1) is 28.6. The van der Waals surface area contributed by atoms with E-state index >= 15 is 0 Å². The minimum atomic E-state index is -5.08. The summed E-state index contributed by atoms with van der Waals surface area (Å²) in [6, 6.07) is -0.167. The number of carbonyl (C=O) groups is 2. The zero-order chi connectivity index (χ0) is 23.2. The van der Waals surface area contributed by atoms with E-state index in [1.165, 1.54) is 25.7 Å². The van der Waals surface area contributed by atoms with E-state index in [1.807, 2.05) is 0 Å². The van der Waals surface area contributed by atoms with Crippen LogP contribution < -0.4 is 5.32 Å². The van der Waals surface area contributed by atoms with Crippen LogP contribution in [0.15, 0.2) is 0 Å². The van der Waals surface area contributed by atoms with E-state index < -0.39 is 18.1 Å². The van der Waals surface area contributed by atoms with Crippen LogP contribution in [-0.4, -0.2) is 80.1 Å². The molecule has 1 fully saturated rings. The van der Waals surface area contributed by atoms with Crippen molar-refractivity contribution in [3.05, 3.63) is 0 Å². The minimum absolute atomic E-state index is 0.0683. The largest absolute Gasteiger partial charge is 0.490 e. The van der Waals surface area contributed by atoms with Crippen LogP contribution in [-0.2, 0) is 23.8 Å². The SMILES string of the molecule is CCCCCCCOC[C@H]1OC[C@H](C)[C@H](OC)[C@H]1NCC(=O)O.O=C(O)C(F)(F)F. The van der Waals surface area contributed by atoms with Crippen LogP contribution in [0.25, 0.3) is 0 Å². The van der Waals surface area contributed by atoms with E-state index in [9.17, 15) is 18.0 Å². The molecule has 0 amide bonds. The smallest absolute Gasteiger partial charge is 0.480 e. The highest BCUT2D eigenvalue weighted by atomic mass is 19.4. The molecule has 0 bridgehead atoms. The van der Waals surface area contributed by atoms with Crippen molar-refractivity contribution in [1.82, 2.24) is 5.32 Å². The molecule has 0 saturated carbocycles. The molecule has 0 unspecified atom stereocenters. The van der Waals surface area contributed by atoms with Gasteiger partial charge in [0, 0.05) is 19.6 Å². The molecular weight excluding hydrogens is 411 g/mol. The molecular formula is C19H34F3NO7. The summed E-state index contributed by atoms with van der Waals surface area (Å²) >= 11 is 0. The van der Waals surface area contributed by atoms with Gasteiger partial charge in [-0.2, -0.15) is 13.2 Å². The topological polar surface area (TPSA) is 114 Å². The third-order valence-electron chi connectivity index (χ3n) is 4.57. The number of methoxy groups -OCH3 is 1. The lowest BCUT2D eigenvalue weighted by Gasteiger charge is -2.41. The number of aliphatic carboxylic acids is 2. The van der Waals surface area contributed by atoms with Crippen LogP contribution in [0, 0.1) is 5.92 Å². The van der Waals surface area contributed by atoms with Gasteiger partial charge < -0.3 is 24.4 Å². The van der Waals surface area contributed by atoms with Gasteiger partial charge in [-0.05, 0) is 6.42 Å². The van der Waals surface area contributed by atoms with Gasteiger partial charge in [0.05, 0.1) is 38.0 Å². The lowest BCUT2D eigenvalue weighted by Crippen LogP contribution is -2.59. The molecule has 1 heterocycles. The number of ether oxygens (including phenoxy) is 3. The Kier molecular flexibility index (Phi) is 14.7. The van der Waals surface area contributed by atoms with Crippen LogP contribution >= 0.6 is 0 Å². The van der Waals surface area contributed by atoms with Gasteiger partial charge in [0.15, 0.2) is 0 Å². The molecule has 0 radical (unpaired) electrons. The molecule has 178 valence electrons. The second-order valence-electron chi connectivity index (χ2n) is 7.14. The zero-order valence-corrected chi connectivity index (χ0v) is 17.7. The molecule has 0 aromatic rings. The van der Waals surface area contributed by atoms with Gasteiger partial charge in [0.1, 0.15) is 0 Å². The molecule has 0 aromatic heterocycles. The highest BCUT2D eigenvalue weighted by Gasteiger charge is 2.39. The number of carboxylic acid groups (broad SMARTS) is 2. The van der Waals surface area contributed by atoms with Crippen molar-refractivity contribution >= 4 is 11.9 Å². The van der Waals surface area contributed by atoms with Crippen molar-refractivity contribution in [2.24, 2.45) is 5.92 Å². The first-order valence-electron chi connectivity index (χ1n) is 10.0. The van der Waals surface area contributed by atoms with Gasteiger partial charge in [-0.3, -0.25) is 10.1 Å². The molecule has 1 aliphatic heterocycles. The van der Waals surface area contributed by atoms with E-state index in [0.717, 1.165) is 13.0 Å². The maximum absolute atomic E-state index is 10.8. The molecule has 1 aliphatic rings. The summed E-state index contributed by atoms with van der Waals surface area (Å²) in [4.78, 5) is 19.7. The number of halogens is 3. The Morgan fingerprint density at radius 3 is 2.27 bits per heavy atom. The summed E-state index contributed by atoms with van der Waals surface area (Å²) in [7, 11) is 1.66. The van der Waals surface area contributed by atoms with Gasteiger partial charge in [-0.15, -0.1) is 0 Å². The minimum Gasteiger partial charge on any atom is -0.480 e. The summed E-state index contributed by atoms with van der Waals surface area (Å²) in [6.45, 7) is 5.95. The van der Waals surface area contributed by atoms with Crippen LogP contribution in [0.3, 0.4) is 0 Å². The maximum Gasteiger partial charge on any atom is 0.490 e. The highest BCUT2D eigenvalue weighted by Crippen LogP contribution is 2.23. The van der Waals surface area contributed by atoms with Crippen molar-refractivity contribution in [1.29, 1.82) is 0 Å². The van der Waals surface area contributed by atoms with Crippen LogP contribution in [0.4, 0.5) is 13.2 Å². The fraction of sp³-hybridized carbons (Fsp3) is 0.895. The molecule has 3 N–H and O–H groups in total. The number of unbranched alkanes of at least 4 members (excludes halogenated alkanes) is 4. The van der Waals surface area contributed by atoms with Gasteiger partial charge >= 0.3 is 18.1 Å². The number of alkyl halides is 3. The summed E-state index contributed by atoms with van der Waals surface area (Å²) in [5.41, 5.74) is 0.